The van der Waals surface area contributed by atoms with Crippen LogP contribution in [0, 0.1) is 11.2 Å². The maximum atomic E-state index is 13.2. The lowest BCUT2D eigenvalue weighted by Crippen LogP contribution is -2.19. The molecular formula is C15H21BrFN. The van der Waals surface area contributed by atoms with Crippen LogP contribution in [-0.2, 0) is 0 Å². The van der Waals surface area contributed by atoms with Gasteiger partial charge in [0.05, 0.1) is 4.47 Å². The summed E-state index contributed by atoms with van der Waals surface area (Å²) in [5.74, 6) is -0.206. The van der Waals surface area contributed by atoms with Gasteiger partial charge in [0.1, 0.15) is 5.82 Å². The quantitative estimate of drug-likeness (QED) is 0.725. The molecule has 1 unspecified atom stereocenters. The van der Waals surface area contributed by atoms with Gasteiger partial charge in [-0.3, -0.25) is 0 Å². The van der Waals surface area contributed by atoms with Crippen LogP contribution in [0.15, 0.2) is 22.7 Å². The van der Waals surface area contributed by atoms with Gasteiger partial charge >= 0.3 is 0 Å². The second-order valence-electron chi connectivity index (χ2n) is 6.07. The van der Waals surface area contributed by atoms with E-state index >= 15 is 0 Å². The van der Waals surface area contributed by atoms with Crippen LogP contribution in [0.1, 0.15) is 46.0 Å². The molecular weight excluding hydrogens is 293 g/mol. The van der Waals surface area contributed by atoms with E-state index in [1.165, 1.54) is 38.2 Å². The lowest BCUT2D eigenvalue weighted by molar-refractivity contribution is 0.313. The van der Waals surface area contributed by atoms with Crippen LogP contribution in [0.2, 0.25) is 0 Å². The molecule has 0 radical (unpaired) electrons. The molecule has 1 nitrogen and oxygen atoms in total. The number of halogens is 2. The van der Waals surface area contributed by atoms with E-state index in [1.54, 1.807) is 0 Å². The molecule has 0 spiro atoms. The first-order chi connectivity index (χ1) is 8.46. The van der Waals surface area contributed by atoms with E-state index in [4.69, 9.17) is 0 Å². The van der Waals surface area contributed by atoms with Crippen molar-refractivity contribution in [1.29, 1.82) is 0 Å². The van der Waals surface area contributed by atoms with Crippen molar-refractivity contribution in [2.75, 3.05) is 5.32 Å². The van der Waals surface area contributed by atoms with Crippen LogP contribution in [0.25, 0.3) is 0 Å². The first-order valence-corrected chi connectivity index (χ1v) is 7.47. The van der Waals surface area contributed by atoms with Crippen molar-refractivity contribution < 1.29 is 4.39 Å². The average Bonchev–Trinajstić information content (AvgIpc) is 2.46. The second-order valence-corrected chi connectivity index (χ2v) is 6.92. The molecule has 0 saturated heterocycles. The molecule has 1 aliphatic carbocycles. The molecule has 18 heavy (non-hydrogen) atoms. The van der Waals surface area contributed by atoms with Crippen LogP contribution >= 0.6 is 15.9 Å². The monoisotopic (exact) mass is 313 g/mol. The third-order valence-electron chi connectivity index (χ3n) is 3.87. The van der Waals surface area contributed by atoms with Gasteiger partial charge in [-0.25, -0.2) is 4.39 Å². The Morgan fingerprint density at radius 2 is 2.06 bits per heavy atom. The fourth-order valence-electron chi connectivity index (χ4n) is 2.63. The molecule has 0 amide bonds. The molecule has 1 aromatic rings. The second kappa shape index (κ2) is 5.60. The van der Waals surface area contributed by atoms with Gasteiger partial charge in [-0.1, -0.05) is 20.3 Å². The highest BCUT2D eigenvalue weighted by molar-refractivity contribution is 9.10. The molecule has 1 fully saturated rings. The van der Waals surface area contributed by atoms with E-state index < -0.39 is 0 Å². The van der Waals surface area contributed by atoms with Crippen molar-refractivity contribution in [3.05, 3.63) is 28.5 Å². The van der Waals surface area contributed by atoms with Gasteiger partial charge in [-0.15, -0.1) is 0 Å². The summed E-state index contributed by atoms with van der Waals surface area (Å²) in [5, 5.41) is 3.53. The Balaban J connectivity index is 1.98. The third kappa shape index (κ3) is 3.71. The zero-order valence-electron chi connectivity index (χ0n) is 11.1. The summed E-state index contributed by atoms with van der Waals surface area (Å²) in [6.45, 7) is 4.70. The topological polar surface area (TPSA) is 12.0 Å². The highest BCUT2D eigenvalue weighted by atomic mass is 79.9. The van der Waals surface area contributed by atoms with Gasteiger partial charge in [0.15, 0.2) is 0 Å². The van der Waals surface area contributed by atoms with Crippen LogP contribution in [0.5, 0.6) is 0 Å². The molecule has 0 heterocycles. The molecule has 1 atom stereocenters. The van der Waals surface area contributed by atoms with Crippen LogP contribution in [0.3, 0.4) is 0 Å². The van der Waals surface area contributed by atoms with E-state index in [0.29, 0.717) is 15.9 Å². The summed E-state index contributed by atoms with van der Waals surface area (Å²) in [5.41, 5.74) is 1.48. The Kier molecular flexibility index (Phi) is 4.31. The van der Waals surface area contributed by atoms with Crippen molar-refractivity contribution in [2.24, 2.45) is 5.41 Å². The Labute approximate surface area is 117 Å². The smallest absolute Gasteiger partial charge is 0.137 e. The van der Waals surface area contributed by atoms with Crippen molar-refractivity contribution in [2.45, 2.75) is 52.0 Å². The molecule has 100 valence electrons. The average molecular weight is 314 g/mol. The number of hydrogen-bond acceptors (Lipinski definition) is 1. The van der Waals surface area contributed by atoms with Crippen LogP contribution < -0.4 is 5.32 Å². The van der Waals surface area contributed by atoms with Gasteiger partial charge in [0.25, 0.3) is 0 Å². The summed E-state index contributed by atoms with van der Waals surface area (Å²) < 4.78 is 13.7. The van der Waals surface area contributed by atoms with Gasteiger partial charge in [-0.05, 0) is 65.2 Å². The minimum atomic E-state index is -0.206. The number of hydrogen-bond donors (Lipinski definition) is 1. The standard InChI is InChI=1S/C15H21BrFN/c1-15(2)8-3-4-11(7-9-15)18-12-5-6-14(17)13(16)10-12/h5-6,10-11,18H,3-4,7-9H2,1-2H3. The van der Waals surface area contributed by atoms with Gasteiger partial charge in [0.2, 0.25) is 0 Å². The minimum Gasteiger partial charge on any atom is -0.382 e. The van der Waals surface area contributed by atoms with E-state index in [-0.39, 0.29) is 5.82 Å². The molecule has 3 heteroatoms. The summed E-state index contributed by atoms with van der Waals surface area (Å²) >= 11 is 3.23. The summed E-state index contributed by atoms with van der Waals surface area (Å²) in [6, 6.07) is 5.67. The van der Waals surface area contributed by atoms with Crippen molar-refractivity contribution in [3.63, 3.8) is 0 Å². The maximum absolute atomic E-state index is 13.2. The SMILES string of the molecule is CC1(C)CCCC(Nc2ccc(F)c(Br)c2)CC1. The summed E-state index contributed by atoms with van der Waals surface area (Å²) in [4.78, 5) is 0. The largest absolute Gasteiger partial charge is 0.382 e. The van der Waals surface area contributed by atoms with E-state index in [2.05, 4.69) is 35.1 Å². The van der Waals surface area contributed by atoms with Crippen LogP contribution in [-0.4, -0.2) is 6.04 Å². The van der Waals surface area contributed by atoms with Crippen LogP contribution in [0.4, 0.5) is 10.1 Å². The first kappa shape index (κ1) is 13.9. The molecule has 1 saturated carbocycles. The Morgan fingerprint density at radius 3 is 2.78 bits per heavy atom. The molecule has 1 aromatic carbocycles. The Bertz CT molecular complexity index is 417. The molecule has 2 rings (SSSR count). The van der Waals surface area contributed by atoms with E-state index in [0.717, 1.165) is 5.69 Å². The highest BCUT2D eigenvalue weighted by Gasteiger charge is 2.24. The fraction of sp³-hybridized carbons (Fsp3) is 0.600. The number of nitrogens with one attached hydrogen (secondary N) is 1. The number of benzene rings is 1. The van der Waals surface area contributed by atoms with Gasteiger partial charge < -0.3 is 5.32 Å². The molecule has 1 aliphatic rings. The normalized spacial score (nSPS) is 23.4. The summed E-state index contributed by atoms with van der Waals surface area (Å²) in [6.07, 6.45) is 6.23. The maximum Gasteiger partial charge on any atom is 0.137 e. The number of rotatable bonds is 2. The Morgan fingerprint density at radius 1 is 1.28 bits per heavy atom. The molecule has 0 bridgehead atoms. The minimum absolute atomic E-state index is 0.206. The molecule has 0 aromatic heterocycles. The van der Waals surface area contributed by atoms with Crippen molar-refractivity contribution in [3.8, 4) is 0 Å². The fourth-order valence-corrected chi connectivity index (χ4v) is 3.01. The summed E-state index contributed by atoms with van der Waals surface area (Å²) in [7, 11) is 0. The lowest BCUT2D eigenvalue weighted by atomic mass is 9.85. The van der Waals surface area contributed by atoms with Crippen molar-refractivity contribution >= 4 is 21.6 Å². The van der Waals surface area contributed by atoms with Gasteiger partial charge in [-0.2, -0.15) is 0 Å². The predicted molar refractivity (Wildman–Crippen MR) is 78.4 cm³/mol. The zero-order valence-corrected chi connectivity index (χ0v) is 12.7. The first-order valence-electron chi connectivity index (χ1n) is 6.68. The molecule has 1 N–H and O–H groups in total. The third-order valence-corrected chi connectivity index (χ3v) is 4.47. The predicted octanol–water partition coefficient (Wildman–Crippen LogP) is 5.36. The lowest BCUT2D eigenvalue weighted by Gasteiger charge is -2.22. The zero-order chi connectivity index (χ0) is 13.2. The Hall–Kier alpha value is -0.570. The molecule has 0 aliphatic heterocycles. The highest BCUT2D eigenvalue weighted by Crippen LogP contribution is 2.34. The van der Waals surface area contributed by atoms with Crippen molar-refractivity contribution in [1.82, 2.24) is 0 Å². The van der Waals surface area contributed by atoms with E-state index in [9.17, 15) is 4.39 Å². The van der Waals surface area contributed by atoms with E-state index in [1.807, 2.05) is 12.1 Å². The van der Waals surface area contributed by atoms with Gasteiger partial charge in [0, 0.05) is 11.7 Å². The number of anilines is 1.